The molecule has 0 spiro atoms. The second kappa shape index (κ2) is 5.68. The highest BCUT2D eigenvalue weighted by Crippen LogP contribution is 2.20. The van der Waals surface area contributed by atoms with Crippen molar-refractivity contribution in [1.29, 1.82) is 5.26 Å². The average Bonchev–Trinajstić information content (AvgIpc) is 2.75. The molecule has 1 aromatic heterocycles. The largest absolute Gasteiger partial charge is 0.250 e. The Balaban J connectivity index is 2.75. The van der Waals surface area contributed by atoms with Crippen LogP contribution >= 0.6 is 23.1 Å². The third kappa shape index (κ3) is 3.49. The maximum Gasteiger partial charge on any atom is 0.250 e. The molecule has 88 valence electrons. The van der Waals surface area contributed by atoms with Crippen molar-refractivity contribution in [2.45, 2.75) is 16.4 Å². The fraction of sp³-hybridized carbons (Fsp3) is 0.444. The smallest absolute Gasteiger partial charge is 0.209 e. The summed E-state index contributed by atoms with van der Waals surface area (Å²) in [7, 11) is -3.45. The topological polar surface area (TPSA) is 70.0 Å². The van der Waals surface area contributed by atoms with Crippen molar-refractivity contribution in [2.75, 3.05) is 12.8 Å². The third-order valence-corrected chi connectivity index (χ3v) is 5.80. The minimum Gasteiger partial charge on any atom is -0.209 e. The summed E-state index contributed by atoms with van der Waals surface area (Å²) in [5.41, 5.74) is 0. The molecule has 7 heteroatoms. The van der Waals surface area contributed by atoms with Crippen LogP contribution in [0.15, 0.2) is 16.3 Å². The Hall–Kier alpha value is -0.550. The maximum absolute atomic E-state index is 11.8. The van der Waals surface area contributed by atoms with Gasteiger partial charge >= 0.3 is 0 Å². The minimum absolute atomic E-state index is 0.192. The van der Waals surface area contributed by atoms with E-state index in [4.69, 9.17) is 5.26 Å². The van der Waals surface area contributed by atoms with Crippen molar-refractivity contribution in [2.24, 2.45) is 0 Å². The monoisotopic (exact) mass is 276 g/mol. The van der Waals surface area contributed by atoms with E-state index < -0.39 is 10.0 Å². The van der Waals surface area contributed by atoms with Gasteiger partial charge < -0.3 is 0 Å². The summed E-state index contributed by atoms with van der Waals surface area (Å²) in [6, 6.07) is 4.88. The number of hydrogen-bond donors (Lipinski definition) is 1. The first-order valence-electron chi connectivity index (χ1n) is 4.52. The van der Waals surface area contributed by atoms with Crippen LogP contribution in [0.3, 0.4) is 0 Å². The average molecular weight is 276 g/mol. The van der Waals surface area contributed by atoms with Crippen LogP contribution in [-0.4, -0.2) is 26.5 Å². The summed E-state index contributed by atoms with van der Waals surface area (Å²) in [5.74, 6) is 0. The summed E-state index contributed by atoms with van der Waals surface area (Å²) in [6.07, 6.45) is 1.93. The first-order valence-corrected chi connectivity index (χ1v) is 8.10. The summed E-state index contributed by atoms with van der Waals surface area (Å²) in [6.45, 7) is 2.34. The van der Waals surface area contributed by atoms with Crippen LogP contribution in [0.25, 0.3) is 0 Å². The van der Waals surface area contributed by atoms with Gasteiger partial charge in [-0.05, 0) is 18.4 Å². The van der Waals surface area contributed by atoms with Crippen LogP contribution in [0.4, 0.5) is 0 Å². The van der Waals surface area contributed by atoms with E-state index in [1.54, 1.807) is 11.8 Å². The molecule has 0 amide bonds. The predicted octanol–water partition coefficient (Wildman–Crippen LogP) is 1.65. The van der Waals surface area contributed by atoms with E-state index in [0.717, 1.165) is 11.3 Å². The molecule has 0 aliphatic heterocycles. The van der Waals surface area contributed by atoms with Gasteiger partial charge in [-0.25, -0.2) is 13.1 Å². The van der Waals surface area contributed by atoms with Gasteiger partial charge in [0.1, 0.15) is 15.2 Å². The van der Waals surface area contributed by atoms with E-state index in [0.29, 0.717) is 11.4 Å². The van der Waals surface area contributed by atoms with Gasteiger partial charge in [0.2, 0.25) is 10.0 Å². The molecule has 0 saturated heterocycles. The number of nitrogens with zero attached hydrogens (tertiary/aromatic N) is 1. The lowest BCUT2D eigenvalue weighted by molar-refractivity contribution is 0.583. The normalized spacial score (nSPS) is 13.3. The fourth-order valence-corrected chi connectivity index (χ4v) is 3.54. The lowest BCUT2D eigenvalue weighted by Gasteiger charge is -2.08. The van der Waals surface area contributed by atoms with E-state index in [-0.39, 0.29) is 9.46 Å². The third-order valence-electron chi connectivity index (χ3n) is 1.92. The molecule has 1 aromatic rings. The van der Waals surface area contributed by atoms with Crippen molar-refractivity contribution < 1.29 is 8.42 Å². The summed E-state index contributed by atoms with van der Waals surface area (Å²) < 4.78 is 26.2. The molecule has 0 bridgehead atoms. The number of nitrogens with one attached hydrogen (secondary N) is 1. The number of rotatable bonds is 5. The van der Waals surface area contributed by atoms with Gasteiger partial charge in [0.05, 0.1) is 0 Å². The summed E-state index contributed by atoms with van der Waals surface area (Å²) >= 11 is 2.58. The molecule has 0 aliphatic rings. The van der Waals surface area contributed by atoms with Crippen molar-refractivity contribution in [3.05, 3.63) is 17.0 Å². The number of hydrogen-bond acceptors (Lipinski definition) is 5. The Kier molecular flexibility index (Phi) is 4.80. The lowest BCUT2D eigenvalue weighted by Crippen LogP contribution is -2.28. The van der Waals surface area contributed by atoms with E-state index in [2.05, 4.69) is 4.72 Å². The Bertz CT molecular complexity index is 487. The van der Waals surface area contributed by atoms with Crippen molar-refractivity contribution in [1.82, 2.24) is 4.72 Å². The maximum atomic E-state index is 11.8. The fourth-order valence-electron chi connectivity index (χ4n) is 0.906. The van der Waals surface area contributed by atoms with Crippen molar-refractivity contribution >= 4 is 33.1 Å². The quantitative estimate of drug-likeness (QED) is 0.887. The zero-order valence-corrected chi connectivity index (χ0v) is 11.4. The van der Waals surface area contributed by atoms with Crippen LogP contribution in [0, 0.1) is 11.3 Å². The molecule has 4 nitrogen and oxygen atoms in total. The highest BCUT2D eigenvalue weighted by atomic mass is 32.2. The molecule has 1 heterocycles. The number of thioether (sulfide) groups is 1. The Morgan fingerprint density at radius 2 is 2.31 bits per heavy atom. The van der Waals surface area contributed by atoms with E-state index in [1.807, 2.05) is 19.2 Å². The number of nitriles is 1. The lowest BCUT2D eigenvalue weighted by atomic mass is 10.5. The van der Waals surface area contributed by atoms with Crippen LogP contribution in [-0.2, 0) is 10.0 Å². The van der Waals surface area contributed by atoms with Gasteiger partial charge in [-0.3, -0.25) is 0 Å². The Morgan fingerprint density at radius 1 is 1.62 bits per heavy atom. The highest BCUT2D eigenvalue weighted by molar-refractivity contribution is 7.99. The van der Waals surface area contributed by atoms with Crippen LogP contribution in [0.5, 0.6) is 0 Å². The van der Waals surface area contributed by atoms with Gasteiger partial charge in [-0.2, -0.15) is 17.0 Å². The first kappa shape index (κ1) is 13.5. The Morgan fingerprint density at radius 3 is 2.81 bits per heavy atom. The van der Waals surface area contributed by atoms with Gasteiger partial charge in [-0.15, -0.1) is 11.3 Å². The second-order valence-electron chi connectivity index (χ2n) is 3.13. The summed E-state index contributed by atoms with van der Waals surface area (Å²) in [5, 5.41) is 8.84. The number of thiophene rings is 1. The highest BCUT2D eigenvalue weighted by Gasteiger charge is 2.17. The Labute approximate surface area is 104 Å². The van der Waals surface area contributed by atoms with E-state index in [9.17, 15) is 8.42 Å². The van der Waals surface area contributed by atoms with Crippen LogP contribution in [0.2, 0.25) is 0 Å². The standard InChI is InChI=1S/C9H12N2O2S3/c1-7(14-2)6-11-16(12,13)9-4-3-8(5-10)15-9/h3-4,7,11H,6H2,1-2H3. The molecule has 1 rings (SSSR count). The SMILES string of the molecule is CSC(C)CNS(=O)(=O)c1ccc(C#N)s1. The van der Waals surface area contributed by atoms with Gasteiger partial charge in [0.15, 0.2) is 0 Å². The zero-order valence-electron chi connectivity index (χ0n) is 8.93. The van der Waals surface area contributed by atoms with Crippen LogP contribution in [0.1, 0.15) is 11.8 Å². The molecule has 0 radical (unpaired) electrons. The predicted molar refractivity (Wildman–Crippen MR) is 67.2 cm³/mol. The molecule has 1 unspecified atom stereocenters. The van der Waals surface area contributed by atoms with Crippen LogP contribution < -0.4 is 4.72 Å². The van der Waals surface area contributed by atoms with E-state index >= 15 is 0 Å². The van der Waals surface area contributed by atoms with Gasteiger partial charge in [0, 0.05) is 11.8 Å². The zero-order chi connectivity index (χ0) is 12.2. The molecule has 0 fully saturated rings. The molecule has 0 aliphatic carbocycles. The molecule has 0 aromatic carbocycles. The molecule has 1 atom stereocenters. The van der Waals surface area contributed by atoms with Crippen molar-refractivity contribution in [3.63, 3.8) is 0 Å². The molecular weight excluding hydrogens is 264 g/mol. The second-order valence-corrected chi connectivity index (χ2v) is 7.48. The van der Waals surface area contributed by atoms with Crippen molar-refractivity contribution in [3.8, 4) is 6.07 Å². The molecular formula is C9H12N2O2S3. The minimum atomic E-state index is -3.45. The molecule has 1 N–H and O–H groups in total. The van der Waals surface area contributed by atoms with Gasteiger partial charge in [-0.1, -0.05) is 6.92 Å². The first-order chi connectivity index (χ1) is 7.49. The molecule has 16 heavy (non-hydrogen) atoms. The summed E-state index contributed by atoms with van der Waals surface area (Å²) in [4.78, 5) is 0.401. The van der Waals surface area contributed by atoms with Gasteiger partial charge in [0.25, 0.3) is 0 Å². The number of sulfonamides is 1. The molecule has 0 saturated carbocycles. The van der Waals surface area contributed by atoms with E-state index in [1.165, 1.54) is 12.1 Å².